The molecule has 0 amide bonds. The smallest absolute Gasteiger partial charge is 0.303 e. The molecule has 0 unspecified atom stereocenters. The van der Waals surface area contributed by atoms with Crippen molar-refractivity contribution in [2.75, 3.05) is 0 Å². The third-order valence-electron chi connectivity index (χ3n) is 0.553. The quantitative estimate of drug-likeness (QED) is 0.603. The number of aliphatic carboxylic acids is 2. The molecule has 0 saturated carbocycles. The van der Waals surface area contributed by atoms with Crippen LogP contribution in [0.3, 0.4) is 0 Å². The average Bonchev–Trinajstić information content (AvgIpc) is 1.61. The Morgan fingerprint density at radius 3 is 1.33 bits per heavy atom. The second-order valence-electron chi connectivity index (χ2n) is 1.29. The topological polar surface area (TPSA) is 74.6 Å². The van der Waals surface area contributed by atoms with Crippen LogP contribution in [0.1, 0.15) is 12.8 Å². The summed E-state index contributed by atoms with van der Waals surface area (Å²) in [5.74, 6) is -2.15. The van der Waals surface area contributed by atoms with Gasteiger partial charge >= 0.3 is 11.9 Å². The molecule has 0 rings (SSSR count). The number of carboxylic acid groups (broad SMARTS) is 2. The van der Waals surface area contributed by atoms with E-state index in [0.29, 0.717) is 0 Å². The fourth-order valence-electron chi connectivity index (χ4n) is 0.214. The van der Waals surface area contributed by atoms with E-state index in [-0.39, 0.29) is 50.6 Å². The molecule has 0 radical (unpaired) electrons. The van der Waals surface area contributed by atoms with Crippen LogP contribution in [-0.2, 0) is 9.59 Å². The van der Waals surface area contributed by atoms with E-state index in [2.05, 4.69) is 0 Å². The van der Waals surface area contributed by atoms with Gasteiger partial charge in [0.25, 0.3) is 0 Å². The van der Waals surface area contributed by atoms with Crippen molar-refractivity contribution in [1.82, 2.24) is 0 Å². The number of carboxylic acids is 2. The van der Waals surface area contributed by atoms with Gasteiger partial charge in [-0.25, -0.2) is 0 Å². The Morgan fingerprint density at radius 1 is 1.00 bits per heavy atom. The average molecular weight is 158 g/mol. The zero-order valence-corrected chi connectivity index (χ0v) is 5.19. The Bertz CT molecular complexity index is 97.1. The Morgan fingerprint density at radius 2 is 1.22 bits per heavy atom. The molecule has 2 N–H and O–H groups in total. The van der Waals surface area contributed by atoms with E-state index < -0.39 is 11.9 Å². The monoisotopic (exact) mass is 158 g/mol. The zero-order chi connectivity index (χ0) is 6.57. The van der Waals surface area contributed by atoms with Gasteiger partial charge in [-0.3, -0.25) is 9.59 Å². The molecule has 0 saturated heterocycles. The standard InChI is InChI=1S/C4H6O4.Ar/c5-3(6)1-2-4(7)8;/h1-2H2,(H,5,6)(H,7,8);. The van der Waals surface area contributed by atoms with Crippen LogP contribution in [0.15, 0.2) is 0 Å². The van der Waals surface area contributed by atoms with Gasteiger partial charge in [-0.1, -0.05) is 0 Å². The van der Waals surface area contributed by atoms with Gasteiger partial charge in [-0.15, -0.1) is 0 Å². The van der Waals surface area contributed by atoms with Crippen molar-refractivity contribution in [3.05, 3.63) is 0 Å². The molecule has 0 spiro atoms. The van der Waals surface area contributed by atoms with E-state index in [0.717, 1.165) is 0 Å². The molecular formula is C4H6ArO4. The van der Waals surface area contributed by atoms with Gasteiger partial charge in [0.15, 0.2) is 0 Å². The molecule has 0 aromatic rings. The molecule has 0 aliphatic rings. The molecule has 0 aromatic heterocycles. The van der Waals surface area contributed by atoms with Crippen LogP contribution in [0.2, 0.25) is 0 Å². The Labute approximate surface area is 81.9 Å². The molecule has 4 nitrogen and oxygen atoms in total. The first kappa shape index (κ1) is 11.9. The molecule has 0 aliphatic carbocycles. The Kier molecular flexibility index (Phi) is 8.38. The van der Waals surface area contributed by atoms with Gasteiger partial charge in [0.1, 0.15) is 0 Å². The fourth-order valence-corrected chi connectivity index (χ4v) is 0.214. The van der Waals surface area contributed by atoms with Gasteiger partial charge in [-0.2, -0.15) is 0 Å². The van der Waals surface area contributed by atoms with Gasteiger partial charge in [0, 0.05) is 37.7 Å². The van der Waals surface area contributed by atoms with Crippen molar-refractivity contribution in [2.24, 2.45) is 0 Å². The molecule has 0 atom stereocenters. The maximum Gasteiger partial charge on any atom is 0.303 e. The van der Waals surface area contributed by atoms with Crippen LogP contribution in [0.25, 0.3) is 0 Å². The van der Waals surface area contributed by atoms with E-state index in [1.54, 1.807) is 0 Å². The molecular weight excluding hydrogens is 152 g/mol. The summed E-state index contributed by atoms with van der Waals surface area (Å²) < 4.78 is 0. The van der Waals surface area contributed by atoms with Crippen LogP contribution in [0, 0.1) is 37.7 Å². The second kappa shape index (κ2) is 6.32. The largest absolute Gasteiger partial charge is 0.481 e. The SMILES string of the molecule is O=C(O)CCC(=O)O.[Ar]. The van der Waals surface area contributed by atoms with Crippen molar-refractivity contribution >= 4 is 11.9 Å². The molecule has 0 fully saturated rings. The predicted octanol–water partition coefficient (Wildman–Crippen LogP) is -0.0642. The minimum atomic E-state index is -1.08. The molecule has 5 heteroatoms. The Hall–Kier alpha value is 0.200. The van der Waals surface area contributed by atoms with Crippen LogP contribution >= 0.6 is 0 Å². The van der Waals surface area contributed by atoms with Gasteiger partial charge in [0.2, 0.25) is 0 Å². The second-order valence-corrected chi connectivity index (χ2v) is 1.29. The minimum Gasteiger partial charge on any atom is -0.481 e. The summed E-state index contributed by atoms with van der Waals surface area (Å²) in [4.78, 5) is 19.3. The summed E-state index contributed by atoms with van der Waals surface area (Å²) in [5.41, 5.74) is 0. The summed E-state index contributed by atoms with van der Waals surface area (Å²) in [6.07, 6.45) is -0.593. The number of carbonyl (C=O) groups is 2. The van der Waals surface area contributed by atoms with Crippen LogP contribution in [-0.4, -0.2) is 22.2 Å². The maximum absolute atomic E-state index is 9.64. The minimum absolute atomic E-state index is 0. The maximum atomic E-state index is 9.64. The van der Waals surface area contributed by atoms with Crippen LogP contribution in [0.5, 0.6) is 0 Å². The molecule has 0 bridgehead atoms. The molecule has 0 heterocycles. The van der Waals surface area contributed by atoms with E-state index in [4.69, 9.17) is 10.2 Å². The van der Waals surface area contributed by atoms with E-state index in [1.807, 2.05) is 0 Å². The summed E-state index contributed by atoms with van der Waals surface area (Å²) in [6, 6.07) is 0. The number of hydrogen-bond acceptors (Lipinski definition) is 2. The third-order valence-corrected chi connectivity index (χ3v) is 0.553. The first-order valence-electron chi connectivity index (χ1n) is 2.06. The van der Waals surface area contributed by atoms with Gasteiger partial charge < -0.3 is 10.2 Å². The van der Waals surface area contributed by atoms with E-state index in [9.17, 15) is 9.59 Å². The molecule has 0 aliphatic heterocycles. The van der Waals surface area contributed by atoms with Crippen molar-refractivity contribution in [1.29, 1.82) is 0 Å². The summed E-state index contributed by atoms with van der Waals surface area (Å²) in [5, 5.41) is 15.8. The van der Waals surface area contributed by atoms with Gasteiger partial charge in [0.05, 0.1) is 12.8 Å². The van der Waals surface area contributed by atoms with E-state index in [1.165, 1.54) is 0 Å². The Balaban J connectivity index is 0. The number of hydrogen-bond donors (Lipinski definition) is 2. The molecule has 0 aromatic carbocycles. The molecule has 54 valence electrons. The van der Waals surface area contributed by atoms with E-state index >= 15 is 0 Å². The zero-order valence-electron chi connectivity index (χ0n) is 4.48. The van der Waals surface area contributed by atoms with Crippen LogP contribution < -0.4 is 0 Å². The summed E-state index contributed by atoms with van der Waals surface area (Å²) in [6.45, 7) is 0. The van der Waals surface area contributed by atoms with Crippen molar-refractivity contribution < 1.29 is 57.5 Å². The fraction of sp³-hybridized carbons (Fsp3) is 0.500. The van der Waals surface area contributed by atoms with Crippen LogP contribution in [0.4, 0.5) is 0 Å². The van der Waals surface area contributed by atoms with Crippen molar-refractivity contribution in [2.45, 2.75) is 12.8 Å². The van der Waals surface area contributed by atoms with Crippen molar-refractivity contribution in [3.8, 4) is 0 Å². The molecule has 9 heavy (non-hydrogen) atoms. The predicted molar refractivity (Wildman–Crippen MR) is 24.5 cm³/mol. The van der Waals surface area contributed by atoms with Gasteiger partial charge in [-0.05, 0) is 0 Å². The third kappa shape index (κ3) is 11.7. The number of rotatable bonds is 3. The summed E-state index contributed by atoms with van der Waals surface area (Å²) in [7, 11) is 0. The first-order chi connectivity index (χ1) is 3.63. The normalized spacial score (nSPS) is 7.56. The van der Waals surface area contributed by atoms with Crippen molar-refractivity contribution in [3.63, 3.8) is 0 Å². The summed E-state index contributed by atoms with van der Waals surface area (Å²) >= 11 is 0. The first-order valence-corrected chi connectivity index (χ1v) is 2.06.